The number of hydrogen-bond donors (Lipinski definition) is 0. The molecule has 0 unspecified atom stereocenters. The number of halogens is 1. The van der Waals surface area contributed by atoms with Gasteiger partial charge >= 0.3 is 0 Å². The van der Waals surface area contributed by atoms with Crippen LogP contribution in [0.3, 0.4) is 0 Å². The van der Waals surface area contributed by atoms with Crippen molar-refractivity contribution < 1.29 is 0 Å². The molecule has 0 aliphatic heterocycles. The van der Waals surface area contributed by atoms with E-state index in [9.17, 15) is 0 Å². The predicted octanol–water partition coefficient (Wildman–Crippen LogP) is 4.26. The quantitative estimate of drug-likeness (QED) is 0.731. The molecule has 0 aliphatic rings. The van der Waals surface area contributed by atoms with Crippen LogP contribution in [0.15, 0.2) is 26.9 Å². The lowest BCUT2D eigenvalue weighted by atomic mass is 10.2. The van der Waals surface area contributed by atoms with Crippen LogP contribution in [-0.2, 0) is 0 Å². The van der Waals surface area contributed by atoms with Crippen LogP contribution in [0.1, 0.15) is 5.56 Å². The van der Waals surface area contributed by atoms with Gasteiger partial charge in [-0.3, -0.25) is 0 Å². The smallest absolute Gasteiger partial charge is 0.101 e. The highest BCUT2D eigenvalue weighted by Crippen LogP contribution is 2.41. The number of nitrogens with zero attached hydrogens (tertiary/aromatic N) is 1. The van der Waals surface area contributed by atoms with Crippen LogP contribution >= 0.6 is 39.0 Å². The van der Waals surface area contributed by atoms with Crippen molar-refractivity contribution in [3.63, 3.8) is 0 Å². The molecule has 0 bridgehead atoms. The van der Waals surface area contributed by atoms with Gasteiger partial charge in [0.05, 0.1) is 14.0 Å². The lowest BCUT2D eigenvalue weighted by molar-refractivity contribution is 1.51. The fraction of sp³-hybridized carbons (Fsp3) is 0.100. The third kappa shape index (κ3) is 1.46. The average molecular weight is 284 g/mol. The number of fused-ring (bicyclic) bond motifs is 1. The van der Waals surface area contributed by atoms with Gasteiger partial charge < -0.3 is 0 Å². The second-order valence-electron chi connectivity index (χ2n) is 2.70. The van der Waals surface area contributed by atoms with E-state index in [2.05, 4.69) is 28.1 Å². The first-order valence-electron chi connectivity index (χ1n) is 3.93. The summed E-state index contributed by atoms with van der Waals surface area (Å²) in [6, 6.07) is 8.06. The molecular formula is C10H6BrNS2. The zero-order valence-corrected chi connectivity index (χ0v) is 10.6. The second-order valence-corrected chi connectivity index (χ2v) is 5.86. The molecule has 2 aromatic rings. The number of nitriles is 1. The van der Waals surface area contributed by atoms with E-state index >= 15 is 0 Å². The molecule has 0 amide bonds. The van der Waals surface area contributed by atoms with Gasteiger partial charge in [0.25, 0.3) is 0 Å². The largest absolute Gasteiger partial charge is 0.192 e. The fourth-order valence-corrected chi connectivity index (χ4v) is 4.41. The summed E-state index contributed by atoms with van der Waals surface area (Å²) in [4.78, 5) is 1.22. The van der Waals surface area contributed by atoms with Crippen molar-refractivity contribution in [1.29, 1.82) is 5.26 Å². The van der Waals surface area contributed by atoms with E-state index in [4.69, 9.17) is 5.26 Å². The first kappa shape index (κ1) is 10.0. The molecule has 0 spiro atoms. The highest BCUT2D eigenvalue weighted by Gasteiger charge is 2.11. The van der Waals surface area contributed by atoms with Crippen molar-refractivity contribution in [2.75, 3.05) is 6.26 Å². The van der Waals surface area contributed by atoms with Crippen molar-refractivity contribution >= 4 is 49.1 Å². The Bertz CT molecular complexity index is 525. The van der Waals surface area contributed by atoms with Crippen LogP contribution in [0.25, 0.3) is 10.1 Å². The third-order valence-electron chi connectivity index (χ3n) is 1.95. The second kappa shape index (κ2) is 3.93. The first-order valence-corrected chi connectivity index (χ1v) is 6.76. The van der Waals surface area contributed by atoms with E-state index in [0.717, 1.165) is 14.0 Å². The van der Waals surface area contributed by atoms with Gasteiger partial charge in [-0.2, -0.15) is 5.26 Å². The molecule has 2 rings (SSSR count). The molecule has 14 heavy (non-hydrogen) atoms. The van der Waals surface area contributed by atoms with Crippen molar-refractivity contribution in [2.24, 2.45) is 0 Å². The number of rotatable bonds is 1. The molecule has 0 fully saturated rings. The van der Waals surface area contributed by atoms with Gasteiger partial charge in [0.2, 0.25) is 0 Å². The summed E-state index contributed by atoms with van der Waals surface area (Å²) in [6.45, 7) is 0. The van der Waals surface area contributed by atoms with E-state index in [-0.39, 0.29) is 0 Å². The molecule has 1 nitrogen and oxygen atoms in total. The topological polar surface area (TPSA) is 23.8 Å². The minimum Gasteiger partial charge on any atom is -0.192 e. The van der Waals surface area contributed by atoms with Gasteiger partial charge in [0.15, 0.2) is 0 Å². The van der Waals surface area contributed by atoms with E-state index in [1.54, 1.807) is 23.1 Å². The van der Waals surface area contributed by atoms with Gasteiger partial charge in [-0.15, -0.1) is 23.1 Å². The van der Waals surface area contributed by atoms with Gasteiger partial charge in [-0.1, -0.05) is 12.1 Å². The third-order valence-corrected chi connectivity index (χ3v) is 5.09. The Hall–Kier alpha value is -0.500. The minimum atomic E-state index is 0.758. The zero-order chi connectivity index (χ0) is 10.1. The summed E-state index contributed by atoms with van der Waals surface area (Å²) in [6.07, 6.45) is 2.05. The van der Waals surface area contributed by atoms with Crippen molar-refractivity contribution in [3.05, 3.63) is 27.5 Å². The number of thiophene rings is 1. The summed E-state index contributed by atoms with van der Waals surface area (Å²) >= 11 is 6.85. The molecule has 0 saturated heterocycles. The van der Waals surface area contributed by atoms with E-state index in [0.29, 0.717) is 0 Å². The zero-order valence-electron chi connectivity index (χ0n) is 7.37. The van der Waals surface area contributed by atoms with Gasteiger partial charge in [0.1, 0.15) is 6.07 Å². The highest BCUT2D eigenvalue weighted by atomic mass is 79.9. The Balaban J connectivity index is 2.87. The average Bonchev–Trinajstić information content (AvgIpc) is 2.52. The van der Waals surface area contributed by atoms with E-state index < -0.39 is 0 Å². The Kier molecular flexibility index (Phi) is 2.82. The monoisotopic (exact) mass is 283 g/mol. The van der Waals surface area contributed by atoms with Crippen molar-refractivity contribution in [2.45, 2.75) is 4.90 Å². The molecule has 0 aliphatic carbocycles. The first-order chi connectivity index (χ1) is 6.77. The van der Waals surface area contributed by atoms with Gasteiger partial charge in [0, 0.05) is 10.3 Å². The van der Waals surface area contributed by atoms with Gasteiger partial charge in [-0.05, 0) is 28.3 Å². The van der Waals surface area contributed by atoms with Crippen LogP contribution < -0.4 is 0 Å². The molecule has 4 heteroatoms. The van der Waals surface area contributed by atoms with Crippen molar-refractivity contribution in [1.82, 2.24) is 0 Å². The Morgan fingerprint density at radius 2 is 2.29 bits per heavy atom. The Morgan fingerprint density at radius 1 is 1.50 bits per heavy atom. The molecule has 1 heterocycles. The van der Waals surface area contributed by atoms with Crippen LogP contribution in [0.2, 0.25) is 0 Å². The lowest BCUT2D eigenvalue weighted by Gasteiger charge is -1.94. The molecule has 70 valence electrons. The molecule has 1 aromatic carbocycles. The Labute approximate surface area is 98.9 Å². The molecule has 0 radical (unpaired) electrons. The summed E-state index contributed by atoms with van der Waals surface area (Å²) in [5.74, 6) is 0. The van der Waals surface area contributed by atoms with Crippen LogP contribution in [0.5, 0.6) is 0 Å². The standard InChI is InChI=1S/C10H6BrNS2/c1-13-9-7-4-2-3-6(5-12)8(7)14-10(9)11/h2-4H,1H3. The number of benzene rings is 1. The summed E-state index contributed by atoms with van der Waals surface area (Å²) in [7, 11) is 0. The fourth-order valence-electron chi connectivity index (χ4n) is 1.35. The normalized spacial score (nSPS) is 10.4. The van der Waals surface area contributed by atoms with Crippen LogP contribution in [0, 0.1) is 11.3 Å². The molecule has 1 aromatic heterocycles. The van der Waals surface area contributed by atoms with Crippen LogP contribution in [0.4, 0.5) is 0 Å². The SMILES string of the molecule is CSc1c(Br)sc2c(C#N)cccc12. The predicted molar refractivity (Wildman–Crippen MR) is 66.0 cm³/mol. The summed E-state index contributed by atoms with van der Waals surface area (Å²) in [5.41, 5.74) is 0.758. The highest BCUT2D eigenvalue weighted by molar-refractivity contribution is 9.11. The Morgan fingerprint density at radius 3 is 2.93 bits per heavy atom. The maximum absolute atomic E-state index is 8.94. The van der Waals surface area contributed by atoms with E-state index in [1.165, 1.54) is 10.3 Å². The molecular weight excluding hydrogens is 278 g/mol. The number of thioether (sulfide) groups is 1. The maximum Gasteiger partial charge on any atom is 0.101 e. The summed E-state index contributed by atoms with van der Waals surface area (Å²) in [5, 5.41) is 10.1. The molecule has 0 atom stereocenters. The lowest BCUT2D eigenvalue weighted by Crippen LogP contribution is -1.73. The van der Waals surface area contributed by atoms with E-state index in [1.807, 2.05) is 18.4 Å². The van der Waals surface area contributed by atoms with Gasteiger partial charge in [-0.25, -0.2) is 0 Å². The minimum absolute atomic E-state index is 0.758. The number of hydrogen-bond acceptors (Lipinski definition) is 3. The molecule has 0 saturated carbocycles. The molecule has 0 N–H and O–H groups in total. The maximum atomic E-state index is 8.94. The van der Waals surface area contributed by atoms with Crippen LogP contribution in [-0.4, -0.2) is 6.26 Å². The van der Waals surface area contributed by atoms with Crippen molar-refractivity contribution in [3.8, 4) is 6.07 Å². The summed E-state index contributed by atoms with van der Waals surface area (Å²) < 4.78 is 2.19.